The van der Waals surface area contributed by atoms with Crippen molar-refractivity contribution in [1.82, 2.24) is 4.98 Å². The molecule has 0 aliphatic heterocycles. The van der Waals surface area contributed by atoms with Crippen LogP contribution in [0.15, 0.2) is 28.6 Å². The molecule has 0 bridgehead atoms. The lowest BCUT2D eigenvalue weighted by Gasteiger charge is -2.07. The quantitative estimate of drug-likeness (QED) is 0.813. The maximum Gasteiger partial charge on any atom is 0.317 e. The second-order valence-corrected chi connectivity index (χ2v) is 5.95. The van der Waals surface area contributed by atoms with Crippen molar-refractivity contribution >= 4 is 39.3 Å². The van der Waals surface area contributed by atoms with E-state index < -0.39 is 11.2 Å². The van der Waals surface area contributed by atoms with Crippen LogP contribution < -0.4 is 5.73 Å². The van der Waals surface area contributed by atoms with Crippen molar-refractivity contribution in [3.8, 4) is 0 Å². The van der Waals surface area contributed by atoms with Crippen molar-refractivity contribution in [2.75, 3.05) is 6.54 Å². The van der Waals surface area contributed by atoms with Gasteiger partial charge in [-0.2, -0.15) is 0 Å². The average molecular weight is 268 g/mol. The largest absolute Gasteiger partial charge is 0.480 e. The number of hydrogen-bond donors (Lipinski definition) is 2. The summed E-state index contributed by atoms with van der Waals surface area (Å²) in [6.45, 7) is 0.370. The topological polar surface area (TPSA) is 76.2 Å². The predicted octanol–water partition coefficient (Wildman–Crippen LogP) is 2.19. The Morgan fingerprint density at radius 2 is 2.29 bits per heavy atom. The van der Waals surface area contributed by atoms with E-state index in [1.807, 2.05) is 24.3 Å². The number of fused-ring (bicyclic) bond motifs is 1. The van der Waals surface area contributed by atoms with Gasteiger partial charge in [-0.25, -0.2) is 4.98 Å². The highest BCUT2D eigenvalue weighted by molar-refractivity contribution is 8.02. The van der Waals surface area contributed by atoms with Gasteiger partial charge < -0.3 is 10.8 Å². The Hall–Kier alpha value is -1.11. The fourth-order valence-electron chi connectivity index (χ4n) is 1.41. The van der Waals surface area contributed by atoms with Gasteiger partial charge in [0.2, 0.25) is 0 Å². The number of rotatable bonds is 5. The zero-order valence-corrected chi connectivity index (χ0v) is 10.6. The predicted molar refractivity (Wildman–Crippen MR) is 70.6 cm³/mol. The molecule has 0 radical (unpaired) electrons. The molecule has 0 aliphatic rings. The highest BCUT2D eigenvalue weighted by atomic mass is 32.2. The van der Waals surface area contributed by atoms with Crippen molar-refractivity contribution in [3.05, 3.63) is 24.3 Å². The van der Waals surface area contributed by atoms with E-state index in [1.54, 1.807) is 0 Å². The number of carboxylic acid groups (broad SMARTS) is 1. The minimum Gasteiger partial charge on any atom is -0.480 e. The highest BCUT2D eigenvalue weighted by Gasteiger charge is 2.19. The molecule has 2 aromatic rings. The molecule has 3 N–H and O–H groups in total. The minimum atomic E-state index is -0.834. The van der Waals surface area contributed by atoms with E-state index in [9.17, 15) is 4.79 Å². The summed E-state index contributed by atoms with van der Waals surface area (Å²) in [4.78, 5) is 15.4. The van der Waals surface area contributed by atoms with Crippen molar-refractivity contribution in [1.29, 1.82) is 0 Å². The van der Waals surface area contributed by atoms with Crippen molar-refractivity contribution in [2.45, 2.75) is 16.0 Å². The second-order valence-electron chi connectivity index (χ2n) is 3.47. The first kappa shape index (κ1) is 12.3. The van der Waals surface area contributed by atoms with Gasteiger partial charge in [0.25, 0.3) is 0 Å². The molecular formula is C11H12N2O2S2. The molecule has 1 unspecified atom stereocenters. The third-order valence-corrected chi connectivity index (χ3v) is 4.61. The van der Waals surface area contributed by atoms with Gasteiger partial charge in [0.1, 0.15) is 5.25 Å². The Morgan fingerprint density at radius 3 is 2.94 bits per heavy atom. The fourth-order valence-corrected chi connectivity index (χ4v) is 3.66. The number of aliphatic carboxylic acids is 1. The summed E-state index contributed by atoms with van der Waals surface area (Å²) in [6, 6.07) is 7.78. The molecule has 2 rings (SSSR count). The lowest BCUT2D eigenvalue weighted by atomic mass is 10.3. The van der Waals surface area contributed by atoms with Gasteiger partial charge in [-0.15, -0.1) is 11.3 Å². The molecule has 1 atom stereocenters. The van der Waals surface area contributed by atoms with E-state index in [0.717, 1.165) is 14.6 Å². The molecule has 0 saturated heterocycles. The third kappa shape index (κ3) is 2.96. The molecule has 0 saturated carbocycles. The average Bonchev–Trinajstić information content (AvgIpc) is 2.70. The number of carboxylic acids is 1. The molecule has 4 nitrogen and oxygen atoms in total. The Balaban J connectivity index is 2.19. The number of carbonyl (C=O) groups is 1. The molecule has 17 heavy (non-hydrogen) atoms. The molecular weight excluding hydrogens is 256 g/mol. The summed E-state index contributed by atoms with van der Waals surface area (Å²) < 4.78 is 1.86. The van der Waals surface area contributed by atoms with Gasteiger partial charge in [-0.05, 0) is 25.1 Å². The fraction of sp³-hybridized carbons (Fsp3) is 0.273. The van der Waals surface area contributed by atoms with Crippen LogP contribution in [0.1, 0.15) is 6.42 Å². The molecule has 0 amide bonds. The summed E-state index contributed by atoms with van der Waals surface area (Å²) in [6.07, 6.45) is 0.454. The summed E-state index contributed by atoms with van der Waals surface area (Å²) in [7, 11) is 0. The molecule has 1 aromatic heterocycles. The van der Waals surface area contributed by atoms with Crippen molar-refractivity contribution in [2.24, 2.45) is 5.73 Å². The Labute approximate surface area is 107 Å². The number of thiazole rings is 1. The van der Waals surface area contributed by atoms with Gasteiger partial charge in [-0.3, -0.25) is 4.79 Å². The Bertz CT molecular complexity index is 494. The Kier molecular flexibility index (Phi) is 3.98. The van der Waals surface area contributed by atoms with Crippen molar-refractivity contribution < 1.29 is 9.90 Å². The number of thioether (sulfide) groups is 1. The standard InChI is InChI=1S/C11H12N2O2S2/c12-6-5-9(10(14)15)17-11-13-7-3-1-2-4-8(7)16-11/h1-4,9H,5-6,12H2,(H,14,15). The van der Waals surface area contributed by atoms with Crippen LogP contribution in [0.25, 0.3) is 10.2 Å². The van der Waals surface area contributed by atoms with E-state index in [1.165, 1.54) is 23.1 Å². The second kappa shape index (κ2) is 5.48. The maximum absolute atomic E-state index is 11.0. The van der Waals surface area contributed by atoms with Crippen LogP contribution >= 0.6 is 23.1 Å². The molecule has 1 aromatic carbocycles. The SMILES string of the molecule is NCCC(Sc1nc2ccccc2s1)C(=O)O. The lowest BCUT2D eigenvalue weighted by Crippen LogP contribution is -2.20. The monoisotopic (exact) mass is 268 g/mol. The van der Waals surface area contributed by atoms with Crippen LogP contribution in [0.2, 0.25) is 0 Å². The van der Waals surface area contributed by atoms with E-state index >= 15 is 0 Å². The first-order valence-corrected chi connectivity index (χ1v) is 6.85. The van der Waals surface area contributed by atoms with Crippen LogP contribution in [-0.4, -0.2) is 27.9 Å². The minimum absolute atomic E-state index is 0.370. The number of nitrogens with zero attached hydrogens (tertiary/aromatic N) is 1. The number of hydrogen-bond acceptors (Lipinski definition) is 5. The van der Waals surface area contributed by atoms with Crippen LogP contribution in [0.4, 0.5) is 0 Å². The van der Waals surface area contributed by atoms with Crippen molar-refractivity contribution in [3.63, 3.8) is 0 Å². The molecule has 1 heterocycles. The molecule has 6 heteroatoms. The molecule has 0 fully saturated rings. The van der Waals surface area contributed by atoms with Crippen LogP contribution in [0.5, 0.6) is 0 Å². The van der Waals surface area contributed by atoms with Crippen LogP contribution in [-0.2, 0) is 4.79 Å². The van der Waals surface area contributed by atoms with Gasteiger partial charge >= 0.3 is 5.97 Å². The zero-order chi connectivity index (χ0) is 12.3. The lowest BCUT2D eigenvalue weighted by molar-refractivity contribution is -0.136. The van der Waals surface area contributed by atoms with Crippen LogP contribution in [0, 0.1) is 0 Å². The highest BCUT2D eigenvalue weighted by Crippen LogP contribution is 2.32. The summed E-state index contributed by atoms with van der Waals surface area (Å²) in [5.41, 5.74) is 6.32. The number of aromatic nitrogens is 1. The number of benzene rings is 1. The Morgan fingerprint density at radius 1 is 1.53 bits per heavy atom. The van der Waals surface area contributed by atoms with Gasteiger partial charge in [0.15, 0.2) is 4.34 Å². The van der Waals surface area contributed by atoms with Gasteiger partial charge in [0, 0.05) is 0 Å². The normalized spacial score (nSPS) is 12.8. The number of nitrogens with two attached hydrogens (primary N) is 1. The number of para-hydroxylation sites is 1. The van der Waals surface area contributed by atoms with E-state index in [-0.39, 0.29) is 0 Å². The molecule has 0 spiro atoms. The van der Waals surface area contributed by atoms with E-state index in [0.29, 0.717) is 13.0 Å². The maximum atomic E-state index is 11.0. The first-order chi connectivity index (χ1) is 8.20. The third-order valence-electron chi connectivity index (χ3n) is 2.22. The van der Waals surface area contributed by atoms with E-state index in [2.05, 4.69) is 4.98 Å². The summed E-state index contributed by atoms with van der Waals surface area (Å²) in [5.74, 6) is -0.834. The molecule has 90 valence electrons. The first-order valence-electron chi connectivity index (χ1n) is 5.16. The molecule has 0 aliphatic carbocycles. The summed E-state index contributed by atoms with van der Waals surface area (Å²) in [5, 5.41) is 8.53. The zero-order valence-electron chi connectivity index (χ0n) is 9.00. The van der Waals surface area contributed by atoms with E-state index in [4.69, 9.17) is 10.8 Å². The smallest absolute Gasteiger partial charge is 0.317 e. The van der Waals surface area contributed by atoms with Gasteiger partial charge in [-0.1, -0.05) is 23.9 Å². The summed E-state index contributed by atoms with van der Waals surface area (Å²) >= 11 is 2.79. The van der Waals surface area contributed by atoms with Crippen LogP contribution in [0.3, 0.4) is 0 Å². The van der Waals surface area contributed by atoms with Gasteiger partial charge in [0.05, 0.1) is 10.2 Å².